The second kappa shape index (κ2) is 6.08. The Bertz CT molecular complexity index is 757. The molecule has 1 heterocycles. The van der Waals surface area contributed by atoms with Gasteiger partial charge in [-0.05, 0) is 26.0 Å². The molecule has 0 bridgehead atoms. The summed E-state index contributed by atoms with van der Waals surface area (Å²) in [6.45, 7) is 3.37. The normalized spacial score (nSPS) is 11.6. The summed E-state index contributed by atoms with van der Waals surface area (Å²) in [5.41, 5.74) is 0.0252. The number of hydrogen-bond acceptors (Lipinski definition) is 5. The molecule has 1 N–H and O–H groups in total. The van der Waals surface area contributed by atoms with Crippen molar-refractivity contribution < 1.29 is 17.5 Å². The molecule has 2 aromatic rings. The highest BCUT2D eigenvalue weighted by molar-refractivity contribution is 7.89. The van der Waals surface area contributed by atoms with Crippen LogP contribution in [0.25, 0.3) is 0 Å². The van der Waals surface area contributed by atoms with Gasteiger partial charge >= 0.3 is 0 Å². The van der Waals surface area contributed by atoms with Crippen molar-refractivity contribution >= 4 is 21.4 Å². The van der Waals surface area contributed by atoms with Gasteiger partial charge < -0.3 is 4.74 Å². The molecule has 114 valence electrons. The summed E-state index contributed by atoms with van der Waals surface area (Å²) in [4.78, 5) is 4.97. The quantitative estimate of drug-likeness (QED) is 0.914. The highest BCUT2D eigenvalue weighted by atomic mass is 32.2. The number of sulfonamides is 1. The molecule has 0 aliphatic rings. The van der Waals surface area contributed by atoms with Crippen LogP contribution in [0.15, 0.2) is 23.2 Å². The van der Waals surface area contributed by atoms with E-state index in [4.69, 9.17) is 4.74 Å². The van der Waals surface area contributed by atoms with Gasteiger partial charge in [-0.1, -0.05) is 0 Å². The number of aryl methyl sites for hydroxylation is 1. The maximum absolute atomic E-state index is 13.9. The standard InChI is InChI=1S/C13H15FN2O3S2/c1-8-6-15-12(20-8)7-16-21(17,18)11-5-4-10(19-3)13(14)9(11)2/h4-6,16H,7H2,1-3H3. The van der Waals surface area contributed by atoms with Crippen molar-refractivity contribution in [1.29, 1.82) is 0 Å². The predicted molar refractivity (Wildman–Crippen MR) is 78.6 cm³/mol. The van der Waals surface area contributed by atoms with E-state index >= 15 is 0 Å². The monoisotopic (exact) mass is 330 g/mol. The van der Waals surface area contributed by atoms with Gasteiger partial charge in [0.2, 0.25) is 10.0 Å². The minimum Gasteiger partial charge on any atom is -0.494 e. The summed E-state index contributed by atoms with van der Waals surface area (Å²) in [5, 5.41) is 0.655. The molecule has 0 amide bonds. The van der Waals surface area contributed by atoms with Crippen molar-refractivity contribution in [2.45, 2.75) is 25.3 Å². The fourth-order valence-electron chi connectivity index (χ4n) is 1.81. The molecule has 5 nitrogen and oxygen atoms in total. The van der Waals surface area contributed by atoms with Gasteiger partial charge in [0.05, 0.1) is 18.6 Å². The van der Waals surface area contributed by atoms with Crippen molar-refractivity contribution in [2.75, 3.05) is 7.11 Å². The number of nitrogens with zero attached hydrogens (tertiary/aromatic N) is 1. The maximum Gasteiger partial charge on any atom is 0.241 e. The van der Waals surface area contributed by atoms with E-state index in [1.807, 2.05) is 6.92 Å². The molecule has 0 aliphatic carbocycles. The van der Waals surface area contributed by atoms with Crippen LogP contribution in [0, 0.1) is 19.7 Å². The summed E-state index contributed by atoms with van der Waals surface area (Å²) in [6.07, 6.45) is 1.67. The number of thiazole rings is 1. The van der Waals surface area contributed by atoms with E-state index in [2.05, 4.69) is 9.71 Å². The van der Waals surface area contributed by atoms with Crippen LogP contribution in [0.1, 0.15) is 15.4 Å². The number of methoxy groups -OCH3 is 1. The van der Waals surface area contributed by atoms with Gasteiger partial charge in [-0.25, -0.2) is 22.5 Å². The van der Waals surface area contributed by atoms with Crippen LogP contribution in [0.2, 0.25) is 0 Å². The lowest BCUT2D eigenvalue weighted by Crippen LogP contribution is -2.24. The van der Waals surface area contributed by atoms with Crippen LogP contribution in [-0.2, 0) is 16.6 Å². The molecule has 0 aliphatic heterocycles. The average Bonchev–Trinajstić information content (AvgIpc) is 2.85. The first-order valence-corrected chi connectivity index (χ1v) is 8.39. The van der Waals surface area contributed by atoms with E-state index < -0.39 is 15.8 Å². The Morgan fingerprint density at radius 3 is 2.67 bits per heavy atom. The largest absolute Gasteiger partial charge is 0.494 e. The van der Waals surface area contributed by atoms with Gasteiger partial charge in [-0.2, -0.15) is 0 Å². The molecule has 0 fully saturated rings. The van der Waals surface area contributed by atoms with E-state index in [0.29, 0.717) is 5.01 Å². The minimum atomic E-state index is -3.81. The summed E-state index contributed by atoms with van der Waals surface area (Å²) >= 11 is 1.40. The highest BCUT2D eigenvalue weighted by Crippen LogP contribution is 2.26. The first-order valence-electron chi connectivity index (χ1n) is 6.09. The molecular weight excluding hydrogens is 315 g/mol. The van der Waals surface area contributed by atoms with Crippen LogP contribution in [0.5, 0.6) is 5.75 Å². The lowest BCUT2D eigenvalue weighted by atomic mass is 10.2. The molecule has 1 aromatic heterocycles. The third-order valence-electron chi connectivity index (χ3n) is 2.89. The Balaban J connectivity index is 2.25. The second-order valence-electron chi connectivity index (χ2n) is 4.39. The van der Waals surface area contributed by atoms with Crippen LogP contribution < -0.4 is 9.46 Å². The smallest absolute Gasteiger partial charge is 0.241 e. The average molecular weight is 330 g/mol. The maximum atomic E-state index is 13.9. The Morgan fingerprint density at radius 2 is 2.10 bits per heavy atom. The summed E-state index contributed by atoms with van der Waals surface area (Å²) in [5.74, 6) is -0.660. The zero-order chi connectivity index (χ0) is 15.6. The fraction of sp³-hybridized carbons (Fsp3) is 0.308. The highest BCUT2D eigenvalue weighted by Gasteiger charge is 2.21. The molecule has 0 spiro atoms. The lowest BCUT2D eigenvalue weighted by molar-refractivity contribution is 0.384. The Hall–Kier alpha value is -1.51. The summed E-state index contributed by atoms with van der Waals surface area (Å²) < 4.78 is 45.7. The molecule has 8 heteroatoms. The number of ether oxygens (including phenoxy) is 1. The first-order chi connectivity index (χ1) is 9.85. The Labute approximate surface area is 126 Å². The van der Waals surface area contributed by atoms with Crippen molar-refractivity contribution in [3.8, 4) is 5.75 Å². The van der Waals surface area contributed by atoms with E-state index in [1.165, 1.54) is 37.5 Å². The van der Waals surface area contributed by atoms with Crippen LogP contribution in [0.3, 0.4) is 0 Å². The number of benzene rings is 1. The number of aromatic nitrogens is 1. The third-order valence-corrected chi connectivity index (χ3v) is 5.35. The summed E-state index contributed by atoms with van der Waals surface area (Å²) in [6, 6.07) is 2.62. The zero-order valence-corrected chi connectivity index (χ0v) is 13.4. The van der Waals surface area contributed by atoms with Gasteiger partial charge in [0.25, 0.3) is 0 Å². The molecule has 1 aromatic carbocycles. The van der Waals surface area contributed by atoms with Gasteiger partial charge in [0.15, 0.2) is 11.6 Å². The molecule has 0 unspecified atom stereocenters. The minimum absolute atomic E-state index is 0.0157. The van der Waals surface area contributed by atoms with Crippen LogP contribution >= 0.6 is 11.3 Å². The molecule has 21 heavy (non-hydrogen) atoms. The third kappa shape index (κ3) is 3.39. The molecule has 0 radical (unpaired) electrons. The van der Waals surface area contributed by atoms with Gasteiger partial charge in [0, 0.05) is 16.6 Å². The van der Waals surface area contributed by atoms with E-state index in [1.54, 1.807) is 6.20 Å². The van der Waals surface area contributed by atoms with Crippen molar-refractivity contribution in [3.05, 3.63) is 39.6 Å². The Kier molecular flexibility index (Phi) is 4.60. The first kappa shape index (κ1) is 15.9. The van der Waals surface area contributed by atoms with Crippen LogP contribution in [0.4, 0.5) is 4.39 Å². The van der Waals surface area contributed by atoms with E-state index in [0.717, 1.165) is 4.88 Å². The SMILES string of the molecule is COc1ccc(S(=O)(=O)NCc2ncc(C)s2)c(C)c1F. The number of rotatable bonds is 5. The van der Waals surface area contributed by atoms with Crippen molar-refractivity contribution in [1.82, 2.24) is 9.71 Å². The fourth-order valence-corrected chi connectivity index (χ4v) is 3.85. The molecular formula is C13H15FN2O3S2. The second-order valence-corrected chi connectivity index (χ2v) is 7.45. The van der Waals surface area contributed by atoms with Gasteiger partial charge in [0.1, 0.15) is 5.01 Å². The summed E-state index contributed by atoms with van der Waals surface area (Å²) in [7, 11) is -2.48. The number of halogens is 1. The van der Waals surface area contributed by atoms with E-state index in [-0.39, 0.29) is 22.8 Å². The zero-order valence-electron chi connectivity index (χ0n) is 11.8. The van der Waals surface area contributed by atoms with Crippen molar-refractivity contribution in [2.24, 2.45) is 0 Å². The molecule has 0 saturated carbocycles. The number of nitrogens with one attached hydrogen (secondary N) is 1. The predicted octanol–water partition coefficient (Wildman–Crippen LogP) is 2.39. The number of hydrogen-bond donors (Lipinski definition) is 1. The van der Waals surface area contributed by atoms with E-state index in [9.17, 15) is 12.8 Å². The molecule has 0 saturated heterocycles. The lowest BCUT2D eigenvalue weighted by Gasteiger charge is -2.11. The van der Waals surface area contributed by atoms with Gasteiger partial charge in [-0.3, -0.25) is 0 Å². The van der Waals surface area contributed by atoms with Crippen LogP contribution in [-0.4, -0.2) is 20.5 Å². The Morgan fingerprint density at radius 1 is 1.38 bits per heavy atom. The van der Waals surface area contributed by atoms with Gasteiger partial charge in [-0.15, -0.1) is 11.3 Å². The van der Waals surface area contributed by atoms with Crippen molar-refractivity contribution in [3.63, 3.8) is 0 Å². The topological polar surface area (TPSA) is 68.3 Å². The molecule has 2 rings (SSSR count). The molecule has 0 atom stereocenters.